The molecule has 0 spiro atoms. The minimum absolute atomic E-state index is 0.192. The summed E-state index contributed by atoms with van der Waals surface area (Å²) in [7, 11) is 0. The van der Waals surface area contributed by atoms with E-state index in [1.54, 1.807) is 0 Å². The smallest absolute Gasteiger partial charge is 0.410 e. The van der Waals surface area contributed by atoms with Gasteiger partial charge in [-0.05, 0) is 48.2 Å². The maximum absolute atomic E-state index is 12.9. The Morgan fingerprint density at radius 3 is 2.53 bits per heavy atom. The number of carbonyl (C=O) groups excluding carboxylic acids is 2. The van der Waals surface area contributed by atoms with Crippen LogP contribution in [0.5, 0.6) is 0 Å². The quantitative estimate of drug-likeness (QED) is 0.434. The van der Waals surface area contributed by atoms with E-state index in [1.165, 1.54) is 4.90 Å². The van der Waals surface area contributed by atoms with Gasteiger partial charge in [0.15, 0.2) is 0 Å². The summed E-state index contributed by atoms with van der Waals surface area (Å²) in [5.41, 5.74) is 4.67. The van der Waals surface area contributed by atoms with Crippen LogP contribution >= 0.6 is 0 Å². The molecule has 0 radical (unpaired) electrons. The Morgan fingerprint density at radius 1 is 0.971 bits per heavy atom. The first-order valence-corrected chi connectivity index (χ1v) is 11.5. The highest BCUT2D eigenvalue weighted by Crippen LogP contribution is 2.21. The molecule has 4 aromatic rings. The fourth-order valence-electron chi connectivity index (χ4n) is 4.27. The van der Waals surface area contributed by atoms with Gasteiger partial charge < -0.3 is 15.0 Å². The van der Waals surface area contributed by atoms with Crippen LogP contribution in [0.1, 0.15) is 29.8 Å². The first kappa shape index (κ1) is 21.7. The molecule has 0 bridgehead atoms. The standard InChI is InChI=1S/C27H26N4O3/c32-26(24-11-6-16-31(24)27(33)34-18-20-7-2-1-3-8-20)28-21-14-12-19(13-15-21)17-25-29-22-9-4-5-10-23(22)30-25/h1-5,7-10,12-15,24H,6,11,16-18H2,(H,28,32)(H,29,30)/t24-/m0/s1. The fraction of sp³-hybridized carbons (Fsp3) is 0.222. The number of hydrogen-bond donors (Lipinski definition) is 2. The summed E-state index contributed by atoms with van der Waals surface area (Å²) in [6, 6.07) is 24.6. The van der Waals surface area contributed by atoms with Crippen molar-refractivity contribution in [3.63, 3.8) is 0 Å². The van der Waals surface area contributed by atoms with E-state index in [2.05, 4.69) is 15.3 Å². The van der Waals surface area contributed by atoms with Gasteiger partial charge in [-0.3, -0.25) is 9.69 Å². The molecule has 1 aromatic heterocycles. The number of anilines is 1. The molecule has 2 N–H and O–H groups in total. The molecule has 1 saturated heterocycles. The lowest BCUT2D eigenvalue weighted by Gasteiger charge is -2.23. The summed E-state index contributed by atoms with van der Waals surface area (Å²) in [6.45, 7) is 0.708. The Morgan fingerprint density at radius 2 is 1.74 bits per heavy atom. The summed E-state index contributed by atoms with van der Waals surface area (Å²) < 4.78 is 5.43. The van der Waals surface area contributed by atoms with Crippen molar-refractivity contribution in [2.75, 3.05) is 11.9 Å². The zero-order chi connectivity index (χ0) is 23.3. The number of rotatable bonds is 6. The summed E-state index contributed by atoms with van der Waals surface area (Å²) in [5.74, 6) is 0.702. The van der Waals surface area contributed by atoms with E-state index < -0.39 is 12.1 Å². The lowest BCUT2D eigenvalue weighted by molar-refractivity contribution is -0.120. The number of aromatic amines is 1. The monoisotopic (exact) mass is 454 g/mol. The van der Waals surface area contributed by atoms with Crippen LogP contribution < -0.4 is 5.32 Å². The highest BCUT2D eigenvalue weighted by atomic mass is 16.6. The Balaban J connectivity index is 1.17. The first-order chi connectivity index (χ1) is 16.7. The highest BCUT2D eigenvalue weighted by molar-refractivity contribution is 5.96. The SMILES string of the molecule is O=C(Nc1ccc(Cc2nc3ccccc3[nH]2)cc1)[C@@H]1CCCN1C(=O)OCc1ccccc1. The molecular weight excluding hydrogens is 428 g/mol. The van der Waals surface area contributed by atoms with Crippen molar-refractivity contribution in [1.29, 1.82) is 0 Å². The number of fused-ring (bicyclic) bond motifs is 1. The van der Waals surface area contributed by atoms with Crippen LogP contribution in [0.25, 0.3) is 11.0 Å². The molecule has 0 unspecified atom stereocenters. The van der Waals surface area contributed by atoms with Gasteiger partial charge in [0.1, 0.15) is 18.5 Å². The number of aromatic nitrogens is 2. The molecule has 1 atom stereocenters. The third kappa shape index (κ3) is 4.93. The third-order valence-corrected chi connectivity index (χ3v) is 6.03. The van der Waals surface area contributed by atoms with E-state index >= 15 is 0 Å². The van der Waals surface area contributed by atoms with Gasteiger partial charge in [-0.2, -0.15) is 0 Å². The van der Waals surface area contributed by atoms with Gasteiger partial charge in [-0.1, -0.05) is 54.6 Å². The van der Waals surface area contributed by atoms with E-state index in [4.69, 9.17) is 4.74 Å². The van der Waals surface area contributed by atoms with Crippen molar-refractivity contribution >= 4 is 28.7 Å². The van der Waals surface area contributed by atoms with E-state index in [-0.39, 0.29) is 12.5 Å². The van der Waals surface area contributed by atoms with E-state index in [1.807, 2.05) is 78.9 Å². The molecule has 1 aliphatic rings. The number of benzene rings is 3. The van der Waals surface area contributed by atoms with Crippen LogP contribution in [0.15, 0.2) is 78.9 Å². The molecule has 2 amide bonds. The number of hydrogen-bond acceptors (Lipinski definition) is 4. The molecule has 3 aromatic carbocycles. The number of nitrogens with zero attached hydrogens (tertiary/aromatic N) is 2. The minimum atomic E-state index is -0.529. The van der Waals surface area contributed by atoms with Gasteiger partial charge in [0.2, 0.25) is 5.91 Å². The Kier molecular flexibility index (Phi) is 6.25. The number of imidazole rings is 1. The number of carbonyl (C=O) groups is 2. The maximum Gasteiger partial charge on any atom is 0.410 e. The van der Waals surface area contributed by atoms with Crippen LogP contribution in [0.2, 0.25) is 0 Å². The summed E-state index contributed by atoms with van der Waals surface area (Å²) in [4.78, 5) is 35.0. The summed E-state index contributed by atoms with van der Waals surface area (Å²) in [6.07, 6.45) is 1.61. The largest absolute Gasteiger partial charge is 0.445 e. The topological polar surface area (TPSA) is 87.3 Å². The second kappa shape index (κ2) is 9.79. The van der Waals surface area contributed by atoms with Crippen molar-refractivity contribution in [2.45, 2.75) is 31.9 Å². The van der Waals surface area contributed by atoms with Gasteiger partial charge in [0, 0.05) is 18.7 Å². The van der Waals surface area contributed by atoms with Gasteiger partial charge in [0.05, 0.1) is 11.0 Å². The van der Waals surface area contributed by atoms with Gasteiger partial charge in [0.25, 0.3) is 0 Å². The molecule has 2 heterocycles. The lowest BCUT2D eigenvalue weighted by atomic mass is 10.1. The molecule has 172 valence electrons. The molecular formula is C27H26N4O3. The lowest BCUT2D eigenvalue weighted by Crippen LogP contribution is -2.43. The molecule has 1 fully saturated rings. The average molecular weight is 455 g/mol. The number of nitrogens with one attached hydrogen (secondary N) is 2. The molecule has 7 heteroatoms. The number of likely N-dealkylation sites (tertiary alicyclic amines) is 1. The number of para-hydroxylation sites is 2. The molecule has 34 heavy (non-hydrogen) atoms. The maximum atomic E-state index is 12.9. The predicted octanol–water partition coefficient (Wildman–Crippen LogP) is 4.89. The molecule has 0 saturated carbocycles. The van der Waals surface area contributed by atoms with Crippen LogP contribution in [0, 0.1) is 0 Å². The summed E-state index contributed by atoms with van der Waals surface area (Å²) in [5, 5.41) is 2.94. The average Bonchev–Trinajstić information content (AvgIpc) is 3.51. The first-order valence-electron chi connectivity index (χ1n) is 11.5. The highest BCUT2D eigenvalue weighted by Gasteiger charge is 2.35. The van der Waals surface area contributed by atoms with Crippen molar-refractivity contribution in [1.82, 2.24) is 14.9 Å². The van der Waals surface area contributed by atoms with Gasteiger partial charge >= 0.3 is 6.09 Å². The zero-order valence-electron chi connectivity index (χ0n) is 18.7. The van der Waals surface area contributed by atoms with Crippen LogP contribution in [-0.4, -0.2) is 39.5 Å². The van der Waals surface area contributed by atoms with Crippen molar-refractivity contribution in [2.24, 2.45) is 0 Å². The molecule has 5 rings (SSSR count). The minimum Gasteiger partial charge on any atom is -0.445 e. The van der Waals surface area contributed by atoms with Crippen LogP contribution in [0.4, 0.5) is 10.5 Å². The Bertz CT molecular complexity index is 1250. The van der Waals surface area contributed by atoms with Crippen molar-refractivity contribution in [3.05, 3.63) is 95.8 Å². The molecule has 7 nitrogen and oxygen atoms in total. The van der Waals surface area contributed by atoms with E-state index in [9.17, 15) is 9.59 Å². The Labute approximate surface area is 197 Å². The zero-order valence-corrected chi connectivity index (χ0v) is 18.7. The van der Waals surface area contributed by atoms with E-state index in [0.717, 1.165) is 34.4 Å². The van der Waals surface area contributed by atoms with E-state index in [0.29, 0.717) is 25.1 Å². The number of ether oxygens (including phenoxy) is 1. The fourth-order valence-corrected chi connectivity index (χ4v) is 4.27. The van der Waals surface area contributed by atoms with Crippen LogP contribution in [-0.2, 0) is 22.6 Å². The second-order valence-electron chi connectivity index (χ2n) is 8.46. The summed E-state index contributed by atoms with van der Waals surface area (Å²) >= 11 is 0. The van der Waals surface area contributed by atoms with Gasteiger partial charge in [-0.25, -0.2) is 9.78 Å². The van der Waals surface area contributed by atoms with Crippen LogP contribution in [0.3, 0.4) is 0 Å². The normalized spacial score (nSPS) is 15.4. The molecule has 1 aliphatic heterocycles. The Hall–Kier alpha value is -4.13. The van der Waals surface area contributed by atoms with Crippen molar-refractivity contribution in [3.8, 4) is 0 Å². The molecule has 0 aliphatic carbocycles. The number of amides is 2. The van der Waals surface area contributed by atoms with Crippen molar-refractivity contribution < 1.29 is 14.3 Å². The third-order valence-electron chi connectivity index (χ3n) is 6.03. The van der Waals surface area contributed by atoms with Gasteiger partial charge in [-0.15, -0.1) is 0 Å². The predicted molar refractivity (Wildman–Crippen MR) is 130 cm³/mol. The number of H-pyrrole nitrogens is 1. The second-order valence-corrected chi connectivity index (χ2v) is 8.46.